The largest absolute Gasteiger partial charge is 0.481 e. The summed E-state index contributed by atoms with van der Waals surface area (Å²) in [7, 11) is -4.00. The van der Waals surface area contributed by atoms with Crippen molar-refractivity contribution >= 4 is 22.6 Å². The van der Waals surface area contributed by atoms with Crippen molar-refractivity contribution < 1.29 is 18.8 Å². The molecule has 3 aliphatic rings. The molecule has 192 valence electrons. The average Bonchev–Trinajstić information content (AvgIpc) is 3.42. The summed E-state index contributed by atoms with van der Waals surface area (Å²) in [5.74, 6) is 7.84. The van der Waals surface area contributed by atoms with Gasteiger partial charge in [0, 0.05) is 12.3 Å². The van der Waals surface area contributed by atoms with Gasteiger partial charge in [0.25, 0.3) is 0 Å². The van der Waals surface area contributed by atoms with E-state index in [2.05, 4.69) is 92.6 Å². The quantitative estimate of drug-likeness (QED) is 0.215. The first-order valence-corrected chi connectivity index (χ1v) is 19.0. The molecular formula is C28H48O4Si2. The van der Waals surface area contributed by atoms with Crippen molar-refractivity contribution in [3.63, 3.8) is 0 Å². The van der Waals surface area contributed by atoms with Gasteiger partial charge in [-0.3, -0.25) is 4.79 Å². The molecule has 0 aromatic rings. The van der Waals surface area contributed by atoms with E-state index >= 15 is 0 Å². The van der Waals surface area contributed by atoms with Crippen LogP contribution in [0.3, 0.4) is 0 Å². The smallest absolute Gasteiger partial charge is 0.303 e. The fourth-order valence-corrected chi connectivity index (χ4v) is 8.25. The first-order valence-electron chi connectivity index (χ1n) is 13.2. The molecule has 5 atom stereocenters. The topological polar surface area (TPSA) is 55.8 Å². The zero-order valence-electron chi connectivity index (χ0n) is 23.5. The lowest BCUT2D eigenvalue weighted by atomic mass is 9.49. The normalized spacial score (nSPS) is 31.9. The highest BCUT2D eigenvalue weighted by atomic mass is 28.4. The molecule has 5 unspecified atom stereocenters. The van der Waals surface area contributed by atoms with Crippen molar-refractivity contribution in [1.29, 1.82) is 0 Å². The van der Waals surface area contributed by atoms with E-state index in [4.69, 9.17) is 14.0 Å². The Hall–Kier alpha value is -0.876. The molecule has 0 aromatic carbocycles. The molecule has 0 heterocycles. The van der Waals surface area contributed by atoms with Crippen LogP contribution in [0.5, 0.6) is 0 Å². The second-order valence-electron chi connectivity index (χ2n) is 14.0. The first kappa shape index (κ1) is 27.7. The minimum Gasteiger partial charge on any atom is -0.481 e. The average molecular weight is 505 g/mol. The lowest BCUT2D eigenvalue weighted by molar-refractivity contribution is -0.136. The molecule has 0 aromatic heterocycles. The van der Waals surface area contributed by atoms with E-state index in [1.165, 1.54) is 5.57 Å². The minimum absolute atomic E-state index is 0.114. The molecule has 0 saturated heterocycles. The summed E-state index contributed by atoms with van der Waals surface area (Å²) >= 11 is 0. The zero-order valence-corrected chi connectivity index (χ0v) is 25.5. The Morgan fingerprint density at radius 3 is 2.09 bits per heavy atom. The third-order valence-corrected chi connectivity index (χ3v) is 18.6. The number of hydrogen-bond acceptors (Lipinski definition) is 3. The van der Waals surface area contributed by atoms with Crippen molar-refractivity contribution in [2.24, 2.45) is 23.7 Å². The van der Waals surface area contributed by atoms with E-state index in [0.29, 0.717) is 24.2 Å². The number of hydrogen-bond donors (Lipinski definition) is 1. The maximum atomic E-state index is 11.0. The van der Waals surface area contributed by atoms with Crippen LogP contribution in [0.25, 0.3) is 0 Å². The van der Waals surface area contributed by atoms with Gasteiger partial charge in [0.1, 0.15) is 0 Å². The van der Waals surface area contributed by atoms with Gasteiger partial charge in [-0.05, 0) is 73.3 Å². The number of carboxylic acid groups (broad SMARTS) is 1. The Balaban J connectivity index is 1.92. The predicted molar refractivity (Wildman–Crippen MR) is 145 cm³/mol. The van der Waals surface area contributed by atoms with Gasteiger partial charge in [-0.15, -0.1) is 0 Å². The molecule has 2 saturated carbocycles. The minimum atomic E-state index is -2.04. The molecular weight excluding hydrogens is 456 g/mol. The SMILES string of the molecule is CC1/C(=C/CCC(=O)O)C2CCC(O[Si](C)(C)C(C)(C)C)C(C3(O[Si](C)(C)C(C)(C)C)C#C3)C12. The molecule has 4 nitrogen and oxygen atoms in total. The van der Waals surface area contributed by atoms with Crippen LogP contribution in [0.15, 0.2) is 11.6 Å². The fourth-order valence-electron chi connectivity index (χ4n) is 5.53. The molecule has 34 heavy (non-hydrogen) atoms. The summed E-state index contributed by atoms with van der Waals surface area (Å²) in [5.41, 5.74) is 0.922. The van der Waals surface area contributed by atoms with E-state index in [-0.39, 0.29) is 28.5 Å². The lowest BCUT2D eigenvalue weighted by Gasteiger charge is -2.59. The van der Waals surface area contributed by atoms with Crippen molar-refractivity contribution in [2.45, 2.75) is 122 Å². The third kappa shape index (κ3) is 5.14. The van der Waals surface area contributed by atoms with Gasteiger partial charge in [-0.1, -0.05) is 72.0 Å². The second kappa shape index (κ2) is 8.90. The van der Waals surface area contributed by atoms with Crippen LogP contribution in [0.1, 0.15) is 74.1 Å². The van der Waals surface area contributed by atoms with E-state index in [1.54, 1.807) is 0 Å². The standard InChI is InChI=1S/C28H48O4Si2/c1-19-20(13-12-14-23(29)30)21-15-16-22(31-33(8,9)26(2,3)4)25(24(19)21)28(17-18-28)32-34(10,11)27(5,6)7/h13,19,21-22,24-25H,12,14-16H2,1-11H3,(H,29,30)/b20-13-. The van der Waals surface area contributed by atoms with Crippen LogP contribution >= 0.6 is 0 Å². The van der Waals surface area contributed by atoms with Crippen molar-refractivity contribution in [3.05, 3.63) is 11.6 Å². The summed E-state index contributed by atoms with van der Waals surface area (Å²) < 4.78 is 14.2. The van der Waals surface area contributed by atoms with E-state index in [1.807, 2.05) is 0 Å². The highest BCUT2D eigenvalue weighted by Gasteiger charge is 2.64. The Morgan fingerprint density at radius 1 is 1.06 bits per heavy atom. The van der Waals surface area contributed by atoms with Crippen LogP contribution in [-0.4, -0.2) is 39.4 Å². The van der Waals surface area contributed by atoms with Gasteiger partial charge >= 0.3 is 5.97 Å². The van der Waals surface area contributed by atoms with Crippen LogP contribution in [0.2, 0.25) is 36.3 Å². The molecule has 0 radical (unpaired) electrons. The molecule has 0 spiro atoms. The number of carboxylic acids is 1. The summed E-state index contributed by atoms with van der Waals surface area (Å²) in [6.07, 6.45) is 5.32. The van der Waals surface area contributed by atoms with Gasteiger partial charge in [-0.25, -0.2) is 0 Å². The Bertz CT molecular complexity index is 886. The molecule has 1 N–H and O–H groups in total. The summed E-state index contributed by atoms with van der Waals surface area (Å²) in [6.45, 7) is 25.5. The molecule has 0 amide bonds. The lowest BCUT2D eigenvalue weighted by Crippen LogP contribution is -2.61. The van der Waals surface area contributed by atoms with Gasteiger partial charge in [0.15, 0.2) is 22.2 Å². The van der Waals surface area contributed by atoms with E-state index in [0.717, 1.165) is 12.8 Å². The Morgan fingerprint density at radius 2 is 1.62 bits per heavy atom. The number of carbonyl (C=O) groups is 1. The van der Waals surface area contributed by atoms with E-state index < -0.39 is 28.2 Å². The molecule has 2 fully saturated rings. The monoisotopic (exact) mass is 504 g/mol. The molecule has 3 aliphatic carbocycles. The fraction of sp³-hybridized carbons (Fsp3) is 0.821. The van der Waals surface area contributed by atoms with Crippen LogP contribution in [-0.2, 0) is 13.6 Å². The summed E-state index contributed by atoms with van der Waals surface area (Å²) in [4.78, 5) is 11.0. The van der Waals surface area contributed by atoms with Crippen molar-refractivity contribution in [2.75, 3.05) is 0 Å². The number of aliphatic carboxylic acids is 1. The highest BCUT2D eigenvalue weighted by molar-refractivity contribution is 6.74. The maximum Gasteiger partial charge on any atom is 0.303 e. The van der Waals surface area contributed by atoms with Gasteiger partial charge in [0.2, 0.25) is 0 Å². The predicted octanol–water partition coefficient (Wildman–Crippen LogP) is 7.24. The number of fused-ring (bicyclic) bond motifs is 1. The van der Waals surface area contributed by atoms with E-state index in [9.17, 15) is 4.79 Å². The van der Waals surface area contributed by atoms with Crippen LogP contribution in [0, 0.1) is 35.5 Å². The number of allylic oxidation sites excluding steroid dienone is 2. The van der Waals surface area contributed by atoms with Crippen molar-refractivity contribution in [3.8, 4) is 11.8 Å². The second-order valence-corrected chi connectivity index (χ2v) is 23.5. The summed E-state index contributed by atoms with van der Waals surface area (Å²) in [5, 5.41) is 9.35. The van der Waals surface area contributed by atoms with Gasteiger partial charge < -0.3 is 14.0 Å². The van der Waals surface area contributed by atoms with Gasteiger partial charge in [0.05, 0.1) is 6.10 Å². The third-order valence-electron chi connectivity index (χ3n) is 9.63. The molecule has 0 aliphatic heterocycles. The molecule has 6 heteroatoms. The Kier molecular flexibility index (Phi) is 7.25. The van der Waals surface area contributed by atoms with Crippen molar-refractivity contribution in [1.82, 2.24) is 0 Å². The molecule has 3 rings (SSSR count). The Labute approximate surface area is 210 Å². The molecule has 0 bridgehead atoms. The summed E-state index contributed by atoms with van der Waals surface area (Å²) in [6, 6.07) is 0. The van der Waals surface area contributed by atoms with Gasteiger partial charge in [-0.2, -0.15) is 0 Å². The number of rotatable bonds is 8. The zero-order chi connectivity index (χ0) is 25.9. The maximum absolute atomic E-state index is 11.0. The van der Waals surface area contributed by atoms with Crippen LogP contribution < -0.4 is 0 Å². The highest BCUT2D eigenvalue weighted by Crippen LogP contribution is 2.61. The van der Waals surface area contributed by atoms with Crippen LogP contribution in [0.4, 0.5) is 0 Å². The first-order chi connectivity index (χ1) is 15.3.